The summed E-state index contributed by atoms with van der Waals surface area (Å²) in [6, 6.07) is 0. The van der Waals surface area contributed by atoms with E-state index < -0.39 is 0 Å². The Hall–Kier alpha value is -0.315. The zero-order valence-corrected chi connectivity index (χ0v) is 11.9. The van der Waals surface area contributed by atoms with Crippen molar-refractivity contribution in [2.75, 3.05) is 6.54 Å². The molecule has 0 atom stereocenters. The van der Waals surface area contributed by atoms with Crippen molar-refractivity contribution in [2.24, 2.45) is 0 Å². The smallest absolute Gasteiger partial charge is 0.400 e. The van der Waals surface area contributed by atoms with Gasteiger partial charge in [-0.15, -0.1) is 0 Å². The SMILES string of the molecule is CC1(C)CC=C(B2OC(C)(C)C(C)(C)O2)CN1. The summed E-state index contributed by atoms with van der Waals surface area (Å²) in [6.45, 7) is 13.6. The highest BCUT2D eigenvalue weighted by molar-refractivity contribution is 6.54. The largest absolute Gasteiger partial charge is 0.491 e. The Morgan fingerprint density at radius 2 is 1.59 bits per heavy atom. The molecule has 17 heavy (non-hydrogen) atoms. The molecule has 0 radical (unpaired) electrons. The molecule has 2 heterocycles. The van der Waals surface area contributed by atoms with E-state index in [1.54, 1.807) is 0 Å². The second kappa shape index (κ2) is 3.84. The Kier molecular flexibility index (Phi) is 2.96. The van der Waals surface area contributed by atoms with Gasteiger partial charge in [0.1, 0.15) is 0 Å². The van der Waals surface area contributed by atoms with Gasteiger partial charge in [0.2, 0.25) is 0 Å². The second-order valence-corrected chi connectivity index (χ2v) is 6.81. The third-order valence-corrected chi connectivity index (χ3v) is 4.20. The summed E-state index contributed by atoms with van der Waals surface area (Å²) >= 11 is 0. The lowest BCUT2D eigenvalue weighted by Gasteiger charge is -2.32. The molecule has 0 unspecified atom stereocenters. The minimum absolute atomic E-state index is 0.188. The van der Waals surface area contributed by atoms with Crippen LogP contribution in [-0.2, 0) is 9.31 Å². The predicted molar refractivity (Wildman–Crippen MR) is 70.9 cm³/mol. The van der Waals surface area contributed by atoms with E-state index in [-0.39, 0.29) is 23.9 Å². The summed E-state index contributed by atoms with van der Waals surface area (Å²) in [6.07, 6.45) is 3.28. The fourth-order valence-electron chi connectivity index (χ4n) is 2.05. The molecule has 2 aliphatic rings. The number of hydrogen-bond donors (Lipinski definition) is 1. The van der Waals surface area contributed by atoms with Crippen LogP contribution < -0.4 is 5.32 Å². The van der Waals surface area contributed by atoms with Gasteiger partial charge >= 0.3 is 7.12 Å². The molecule has 4 heteroatoms. The van der Waals surface area contributed by atoms with Crippen LogP contribution in [-0.4, -0.2) is 30.4 Å². The first kappa shape index (κ1) is 13.1. The van der Waals surface area contributed by atoms with Crippen LogP contribution in [0.2, 0.25) is 0 Å². The minimum atomic E-state index is -0.245. The van der Waals surface area contributed by atoms with Gasteiger partial charge in [0.05, 0.1) is 11.2 Å². The summed E-state index contributed by atoms with van der Waals surface area (Å²) in [5.74, 6) is 0. The van der Waals surface area contributed by atoms with Crippen molar-refractivity contribution in [3.63, 3.8) is 0 Å². The Balaban J connectivity index is 2.10. The van der Waals surface area contributed by atoms with Crippen LogP contribution in [0.3, 0.4) is 0 Å². The molecule has 0 aromatic carbocycles. The van der Waals surface area contributed by atoms with Crippen LogP contribution in [0, 0.1) is 0 Å². The first-order valence-electron chi connectivity index (χ1n) is 6.43. The lowest BCUT2D eigenvalue weighted by Crippen LogP contribution is -2.45. The first-order chi connectivity index (χ1) is 7.63. The van der Waals surface area contributed by atoms with Crippen molar-refractivity contribution in [1.29, 1.82) is 0 Å². The lowest BCUT2D eigenvalue weighted by molar-refractivity contribution is 0.00578. The maximum Gasteiger partial charge on any atom is 0.491 e. The Labute approximate surface area is 105 Å². The molecule has 96 valence electrons. The van der Waals surface area contributed by atoms with Gasteiger partial charge in [0, 0.05) is 12.1 Å². The summed E-state index contributed by atoms with van der Waals surface area (Å²) in [4.78, 5) is 0. The normalized spacial score (nSPS) is 30.2. The third-order valence-electron chi connectivity index (χ3n) is 4.20. The molecule has 1 saturated heterocycles. The molecule has 1 fully saturated rings. The average molecular weight is 237 g/mol. The van der Waals surface area contributed by atoms with E-state index in [0.717, 1.165) is 13.0 Å². The van der Waals surface area contributed by atoms with Gasteiger partial charge in [0.25, 0.3) is 0 Å². The summed E-state index contributed by atoms with van der Waals surface area (Å²) < 4.78 is 12.1. The minimum Gasteiger partial charge on any atom is -0.400 e. The first-order valence-corrected chi connectivity index (χ1v) is 6.43. The standard InChI is InChI=1S/C13H24BNO2/c1-11(2)8-7-10(9-15-11)14-16-12(3,4)13(5,6)17-14/h7,15H,8-9H2,1-6H3. The van der Waals surface area contributed by atoms with Crippen LogP contribution in [0.1, 0.15) is 48.0 Å². The molecule has 0 bridgehead atoms. The molecule has 2 aliphatic heterocycles. The van der Waals surface area contributed by atoms with E-state index in [4.69, 9.17) is 9.31 Å². The maximum absolute atomic E-state index is 6.04. The number of hydrogen-bond acceptors (Lipinski definition) is 3. The topological polar surface area (TPSA) is 30.5 Å². The zero-order chi connectivity index (χ0) is 12.9. The van der Waals surface area contributed by atoms with E-state index in [1.165, 1.54) is 5.47 Å². The molecule has 2 rings (SSSR count). The zero-order valence-electron chi connectivity index (χ0n) is 11.9. The van der Waals surface area contributed by atoms with Gasteiger partial charge < -0.3 is 14.6 Å². The van der Waals surface area contributed by atoms with E-state index in [1.807, 2.05) is 0 Å². The molecule has 0 aromatic heterocycles. The van der Waals surface area contributed by atoms with Crippen molar-refractivity contribution in [3.05, 3.63) is 11.5 Å². The molecular weight excluding hydrogens is 213 g/mol. The molecule has 1 N–H and O–H groups in total. The Bertz CT molecular complexity index is 331. The highest BCUT2D eigenvalue weighted by Crippen LogP contribution is 2.39. The molecule has 3 nitrogen and oxygen atoms in total. The van der Waals surface area contributed by atoms with E-state index in [0.29, 0.717) is 0 Å². The quantitative estimate of drug-likeness (QED) is 0.710. The van der Waals surface area contributed by atoms with Gasteiger partial charge in [-0.3, -0.25) is 0 Å². The van der Waals surface area contributed by atoms with Crippen molar-refractivity contribution in [2.45, 2.75) is 64.7 Å². The van der Waals surface area contributed by atoms with Crippen LogP contribution in [0.5, 0.6) is 0 Å². The fraction of sp³-hybridized carbons (Fsp3) is 0.846. The second-order valence-electron chi connectivity index (χ2n) is 6.81. The molecule has 0 aliphatic carbocycles. The van der Waals surface area contributed by atoms with Gasteiger partial charge in [-0.05, 0) is 53.4 Å². The molecule has 0 spiro atoms. The molecular formula is C13H24BNO2. The highest BCUT2D eigenvalue weighted by atomic mass is 16.7. The maximum atomic E-state index is 6.04. The number of rotatable bonds is 1. The fourth-order valence-corrected chi connectivity index (χ4v) is 2.05. The van der Waals surface area contributed by atoms with Crippen LogP contribution in [0.25, 0.3) is 0 Å². The summed E-state index contributed by atoms with van der Waals surface area (Å²) in [5, 5.41) is 3.51. The average Bonchev–Trinajstić information content (AvgIpc) is 2.35. The summed E-state index contributed by atoms with van der Waals surface area (Å²) in [5.41, 5.74) is 0.923. The van der Waals surface area contributed by atoms with E-state index in [2.05, 4.69) is 52.9 Å². The molecule has 0 saturated carbocycles. The Morgan fingerprint density at radius 3 is 2.00 bits per heavy atom. The van der Waals surface area contributed by atoms with Gasteiger partial charge in [-0.25, -0.2) is 0 Å². The lowest BCUT2D eigenvalue weighted by atomic mass is 9.74. The van der Waals surface area contributed by atoms with Crippen LogP contribution in [0.15, 0.2) is 11.5 Å². The third kappa shape index (κ3) is 2.44. The number of nitrogens with one attached hydrogen (secondary N) is 1. The highest BCUT2D eigenvalue weighted by Gasteiger charge is 2.52. The van der Waals surface area contributed by atoms with Crippen molar-refractivity contribution in [3.8, 4) is 0 Å². The van der Waals surface area contributed by atoms with Crippen molar-refractivity contribution in [1.82, 2.24) is 5.32 Å². The summed E-state index contributed by atoms with van der Waals surface area (Å²) in [7, 11) is -0.191. The van der Waals surface area contributed by atoms with Crippen molar-refractivity contribution < 1.29 is 9.31 Å². The Morgan fingerprint density at radius 1 is 1.06 bits per heavy atom. The van der Waals surface area contributed by atoms with E-state index in [9.17, 15) is 0 Å². The molecule has 0 aromatic rings. The van der Waals surface area contributed by atoms with E-state index >= 15 is 0 Å². The monoisotopic (exact) mass is 237 g/mol. The van der Waals surface area contributed by atoms with Crippen molar-refractivity contribution >= 4 is 7.12 Å². The van der Waals surface area contributed by atoms with Crippen LogP contribution >= 0.6 is 0 Å². The predicted octanol–water partition coefficient (Wildman–Crippen LogP) is 2.32. The van der Waals surface area contributed by atoms with Gasteiger partial charge in [-0.2, -0.15) is 0 Å². The van der Waals surface area contributed by atoms with Gasteiger partial charge in [0.15, 0.2) is 0 Å². The molecule has 0 amide bonds. The van der Waals surface area contributed by atoms with Crippen LogP contribution in [0.4, 0.5) is 0 Å². The van der Waals surface area contributed by atoms with Gasteiger partial charge in [-0.1, -0.05) is 6.08 Å².